The van der Waals surface area contributed by atoms with Crippen molar-refractivity contribution < 1.29 is 29.3 Å². The van der Waals surface area contributed by atoms with Gasteiger partial charge in [-0.25, -0.2) is 4.79 Å². The monoisotopic (exact) mass is 286 g/mol. The van der Waals surface area contributed by atoms with E-state index in [-0.39, 0.29) is 6.42 Å². The number of carboxylic acid groups (broad SMARTS) is 2. The van der Waals surface area contributed by atoms with Gasteiger partial charge in [0.15, 0.2) is 5.92 Å². The Hall–Kier alpha value is -1.85. The van der Waals surface area contributed by atoms with Gasteiger partial charge in [0, 0.05) is 5.57 Å². The minimum atomic E-state index is -1.31. The molecule has 0 atom stereocenters. The zero-order valence-electron chi connectivity index (χ0n) is 11.8. The number of carboxylic acids is 2. The van der Waals surface area contributed by atoms with E-state index in [4.69, 9.17) is 14.9 Å². The Morgan fingerprint density at radius 2 is 1.50 bits per heavy atom. The maximum absolute atomic E-state index is 11.0. The van der Waals surface area contributed by atoms with Crippen molar-refractivity contribution in [2.24, 2.45) is 5.92 Å². The highest BCUT2D eigenvalue weighted by Crippen LogP contribution is 2.12. The van der Waals surface area contributed by atoms with Crippen molar-refractivity contribution in [3.63, 3.8) is 0 Å². The predicted octanol–water partition coefficient (Wildman–Crippen LogP) is 2.23. The Kier molecular flexibility index (Phi) is 9.07. The molecule has 0 aromatic heterocycles. The summed E-state index contributed by atoms with van der Waals surface area (Å²) in [4.78, 5) is 32.3. The quantitative estimate of drug-likeness (QED) is 0.261. The lowest BCUT2D eigenvalue weighted by Crippen LogP contribution is -2.23. The van der Waals surface area contributed by atoms with Crippen molar-refractivity contribution in [1.82, 2.24) is 0 Å². The molecule has 0 saturated heterocycles. The van der Waals surface area contributed by atoms with Gasteiger partial charge in [0.2, 0.25) is 0 Å². The number of rotatable bonds is 11. The lowest BCUT2D eigenvalue weighted by Gasteiger charge is -2.07. The maximum Gasteiger partial charge on any atom is 0.333 e. The van der Waals surface area contributed by atoms with E-state index in [1.54, 1.807) is 6.92 Å². The Balaban J connectivity index is 3.54. The first-order chi connectivity index (χ1) is 9.36. The van der Waals surface area contributed by atoms with Crippen LogP contribution in [-0.4, -0.2) is 34.7 Å². The van der Waals surface area contributed by atoms with Crippen LogP contribution in [-0.2, 0) is 19.1 Å². The summed E-state index contributed by atoms with van der Waals surface area (Å²) in [6, 6.07) is 0. The van der Waals surface area contributed by atoms with Gasteiger partial charge in [0.05, 0.1) is 6.61 Å². The highest BCUT2D eigenvalue weighted by molar-refractivity contribution is 5.92. The summed E-state index contributed by atoms with van der Waals surface area (Å²) in [5.41, 5.74) is 0.374. The van der Waals surface area contributed by atoms with Crippen molar-refractivity contribution in [1.29, 1.82) is 0 Å². The molecule has 0 rings (SSSR count). The zero-order chi connectivity index (χ0) is 15.5. The van der Waals surface area contributed by atoms with Gasteiger partial charge in [0.25, 0.3) is 0 Å². The number of aliphatic carboxylic acids is 2. The van der Waals surface area contributed by atoms with E-state index in [2.05, 4.69) is 6.58 Å². The van der Waals surface area contributed by atoms with E-state index in [9.17, 15) is 14.4 Å². The second kappa shape index (κ2) is 10.00. The van der Waals surface area contributed by atoms with Crippen molar-refractivity contribution in [3.8, 4) is 0 Å². The lowest BCUT2D eigenvalue weighted by molar-refractivity contribution is -0.154. The van der Waals surface area contributed by atoms with Gasteiger partial charge in [-0.15, -0.1) is 0 Å². The number of hydrogen-bond acceptors (Lipinski definition) is 4. The van der Waals surface area contributed by atoms with Gasteiger partial charge in [-0.2, -0.15) is 0 Å². The molecule has 0 spiro atoms. The molecule has 0 aliphatic heterocycles. The van der Waals surface area contributed by atoms with Gasteiger partial charge in [0.1, 0.15) is 0 Å². The predicted molar refractivity (Wildman–Crippen MR) is 72.2 cm³/mol. The topological polar surface area (TPSA) is 101 Å². The van der Waals surface area contributed by atoms with E-state index < -0.39 is 23.8 Å². The fourth-order valence-electron chi connectivity index (χ4n) is 1.62. The largest absolute Gasteiger partial charge is 0.481 e. The number of carbonyl (C=O) groups is 3. The second-order valence-electron chi connectivity index (χ2n) is 4.70. The average Bonchev–Trinajstić information content (AvgIpc) is 2.35. The average molecular weight is 286 g/mol. The third-order valence-corrected chi connectivity index (χ3v) is 2.81. The van der Waals surface area contributed by atoms with Crippen molar-refractivity contribution in [3.05, 3.63) is 12.2 Å². The number of unbranched alkanes of at least 4 members (excludes halogenated alkanes) is 4. The molecule has 0 aromatic carbocycles. The molecule has 114 valence electrons. The molecular weight excluding hydrogens is 264 g/mol. The summed E-state index contributed by atoms with van der Waals surface area (Å²) in [5, 5.41) is 17.4. The third-order valence-electron chi connectivity index (χ3n) is 2.81. The molecule has 0 heterocycles. The van der Waals surface area contributed by atoms with E-state index in [0.717, 1.165) is 25.7 Å². The first kappa shape index (κ1) is 18.1. The summed E-state index contributed by atoms with van der Waals surface area (Å²) in [6.45, 7) is 5.40. The minimum absolute atomic E-state index is 0.148. The normalized spacial score (nSPS) is 10.3. The summed E-state index contributed by atoms with van der Waals surface area (Å²) in [7, 11) is 0. The van der Waals surface area contributed by atoms with Gasteiger partial charge < -0.3 is 14.9 Å². The van der Waals surface area contributed by atoms with Crippen LogP contribution >= 0.6 is 0 Å². The molecule has 0 unspecified atom stereocenters. The van der Waals surface area contributed by atoms with Crippen LogP contribution in [0.3, 0.4) is 0 Å². The standard InChI is InChI=1S/C14H22O6/c1-10(2)14(19)20-9-7-5-3-4-6-8-11(12(15)16)13(17)18/h11H,1,3-9H2,2H3,(H,15,16)(H,17,18). The van der Waals surface area contributed by atoms with Gasteiger partial charge in [-0.05, 0) is 19.8 Å². The molecule has 0 aliphatic rings. The van der Waals surface area contributed by atoms with Crippen LogP contribution < -0.4 is 0 Å². The van der Waals surface area contributed by atoms with Crippen LogP contribution in [0.1, 0.15) is 45.4 Å². The SMILES string of the molecule is C=C(C)C(=O)OCCCCCCCC(C(=O)O)C(=O)O. The molecule has 0 amide bonds. The van der Waals surface area contributed by atoms with Crippen molar-refractivity contribution >= 4 is 17.9 Å². The zero-order valence-corrected chi connectivity index (χ0v) is 11.8. The van der Waals surface area contributed by atoms with Crippen LogP contribution in [0, 0.1) is 5.92 Å². The van der Waals surface area contributed by atoms with Crippen LogP contribution in [0.15, 0.2) is 12.2 Å². The van der Waals surface area contributed by atoms with Gasteiger partial charge in [-0.1, -0.05) is 32.3 Å². The fraction of sp³-hybridized carbons (Fsp3) is 0.643. The Labute approximate surface area is 118 Å². The molecule has 0 aliphatic carbocycles. The molecule has 0 fully saturated rings. The molecule has 0 radical (unpaired) electrons. The Morgan fingerprint density at radius 1 is 1.00 bits per heavy atom. The summed E-state index contributed by atoms with van der Waals surface area (Å²) >= 11 is 0. The van der Waals surface area contributed by atoms with Crippen molar-refractivity contribution in [2.45, 2.75) is 45.4 Å². The van der Waals surface area contributed by atoms with Crippen LogP contribution in [0.5, 0.6) is 0 Å². The van der Waals surface area contributed by atoms with Crippen LogP contribution in [0.25, 0.3) is 0 Å². The molecule has 0 saturated carbocycles. The van der Waals surface area contributed by atoms with Gasteiger partial charge in [-0.3, -0.25) is 9.59 Å². The molecule has 20 heavy (non-hydrogen) atoms. The van der Waals surface area contributed by atoms with Crippen LogP contribution in [0.4, 0.5) is 0 Å². The van der Waals surface area contributed by atoms with E-state index in [0.29, 0.717) is 18.6 Å². The maximum atomic E-state index is 11.0. The molecule has 6 heteroatoms. The third kappa shape index (κ3) is 8.29. The van der Waals surface area contributed by atoms with E-state index in [1.165, 1.54) is 0 Å². The summed E-state index contributed by atoms with van der Waals surface area (Å²) < 4.78 is 4.92. The minimum Gasteiger partial charge on any atom is -0.481 e. The van der Waals surface area contributed by atoms with Gasteiger partial charge >= 0.3 is 17.9 Å². The molecular formula is C14H22O6. The lowest BCUT2D eigenvalue weighted by atomic mass is 10.0. The summed E-state index contributed by atoms with van der Waals surface area (Å²) in [5.74, 6) is -4.28. The number of hydrogen-bond donors (Lipinski definition) is 2. The smallest absolute Gasteiger partial charge is 0.333 e. The number of ether oxygens (including phenoxy) is 1. The first-order valence-electron chi connectivity index (χ1n) is 6.64. The highest BCUT2D eigenvalue weighted by Gasteiger charge is 2.24. The first-order valence-corrected chi connectivity index (χ1v) is 6.64. The number of carbonyl (C=O) groups excluding carboxylic acids is 1. The molecule has 2 N–H and O–H groups in total. The van der Waals surface area contributed by atoms with Crippen LogP contribution in [0.2, 0.25) is 0 Å². The summed E-state index contributed by atoms with van der Waals surface area (Å²) in [6.07, 6.45) is 3.93. The van der Waals surface area contributed by atoms with Crippen molar-refractivity contribution in [2.75, 3.05) is 6.61 Å². The second-order valence-corrected chi connectivity index (χ2v) is 4.70. The molecule has 0 aromatic rings. The fourth-order valence-corrected chi connectivity index (χ4v) is 1.62. The Bertz CT molecular complexity index is 347. The molecule has 6 nitrogen and oxygen atoms in total. The highest BCUT2D eigenvalue weighted by atomic mass is 16.5. The Morgan fingerprint density at radius 3 is 2.00 bits per heavy atom. The number of esters is 1. The molecule has 0 bridgehead atoms. The van der Waals surface area contributed by atoms with E-state index in [1.807, 2.05) is 0 Å². The van der Waals surface area contributed by atoms with E-state index >= 15 is 0 Å².